The van der Waals surface area contributed by atoms with E-state index in [1.54, 1.807) is 12.1 Å². The summed E-state index contributed by atoms with van der Waals surface area (Å²) >= 11 is 0. The van der Waals surface area contributed by atoms with E-state index in [1.165, 1.54) is 12.1 Å². The number of rotatable bonds is 5. The smallest absolute Gasteiger partial charge is 0.406 e. The van der Waals surface area contributed by atoms with Gasteiger partial charge in [-0.1, -0.05) is 12.1 Å². The summed E-state index contributed by atoms with van der Waals surface area (Å²) in [4.78, 5) is 13.1. The summed E-state index contributed by atoms with van der Waals surface area (Å²) < 4.78 is 40.5. The number of aryl methyl sites for hydroxylation is 2. The highest BCUT2D eigenvalue weighted by Gasteiger charge is 2.32. The van der Waals surface area contributed by atoms with E-state index in [-0.39, 0.29) is 5.75 Å². The van der Waals surface area contributed by atoms with Crippen LogP contribution < -0.4 is 9.64 Å². The third-order valence-electron chi connectivity index (χ3n) is 4.35. The SMILES string of the molecule is Cc1cc(N2CC(N(C)Cc3ccc(OC(F)(F)F)cc3)C2)nc(C)n1. The molecule has 3 rings (SSSR count). The number of hydrogen-bond acceptors (Lipinski definition) is 5. The highest BCUT2D eigenvalue weighted by atomic mass is 19.4. The second-order valence-electron chi connectivity index (χ2n) is 6.58. The van der Waals surface area contributed by atoms with Crippen LogP contribution in [0.3, 0.4) is 0 Å². The molecule has 0 aliphatic carbocycles. The first kappa shape index (κ1) is 18.4. The third kappa shape index (κ3) is 4.63. The number of likely N-dealkylation sites (N-methyl/N-ethyl adjacent to an activating group) is 1. The van der Waals surface area contributed by atoms with E-state index < -0.39 is 6.36 Å². The predicted molar refractivity (Wildman–Crippen MR) is 92.1 cm³/mol. The molecule has 2 heterocycles. The van der Waals surface area contributed by atoms with E-state index in [4.69, 9.17) is 0 Å². The van der Waals surface area contributed by atoms with Gasteiger partial charge in [0.25, 0.3) is 0 Å². The largest absolute Gasteiger partial charge is 0.573 e. The minimum Gasteiger partial charge on any atom is -0.406 e. The lowest BCUT2D eigenvalue weighted by Gasteiger charge is -2.44. The Bertz CT molecular complexity index is 738. The number of ether oxygens (including phenoxy) is 1. The Kier molecular flexibility index (Phi) is 5.04. The van der Waals surface area contributed by atoms with E-state index in [9.17, 15) is 13.2 Å². The molecular weight excluding hydrogens is 345 g/mol. The van der Waals surface area contributed by atoms with Gasteiger partial charge in [-0.25, -0.2) is 9.97 Å². The lowest BCUT2D eigenvalue weighted by Crippen LogP contribution is -2.58. The molecule has 0 unspecified atom stereocenters. The van der Waals surface area contributed by atoms with Crippen LogP contribution in [0.1, 0.15) is 17.1 Å². The molecule has 0 amide bonds. The zero-order chi connectivity index (χ0) is 18.9. The average Bonchev–Trinajstić information content (AvgIpc) is 2.45. The topological polar surface area (TPSA) is 41.5 Å². The Hall–Kier alpha value is -2.35. The molecule has 26 heavy (non-hydrogen) atoms. The molecule has 0 bridgehead atoms. The van der Waals surface area contributed by atoms with Gasteiger partial charge in [-0.2, -0.15) is 0 Å². The van der Waals surface area contributed by atoms with Gasteiger partial charge >= 0.3 is 6.36 Å². The Balaban J connectivity index is 1.53. The molecule has 1 aliphatic rings. The number of anilines is 1. The summed E-state index contributed by atoms with van der Waals surface area (Å²) in [6.07, 6.45) is -4.66. The summed E-state index contributed by atoms with van der Waals surface area (Å²) in [5, 5.41) is 0. The van der Waals surface area contributed by atoms with Gasteiger partial charge in [0.15, 0.2) is 0 Å². The minimum absolute atomic E-state index is 0.201. The van der Waals surface area contributed by atoms with E-state index >= 15 is 0 Å². The third-order valence-corrected chi connectivity index (χ3v) is 4.35. The van der Waals surface area contributed by atoms with E-state index in [2.05, 4.69) is 24.5 Å². The van der Waals surface area contributed by atoms with Crippen LogP contribution >= 0.6 is 0 Å². The second-order valence-corrected chi connectivity index (χ2v) is 6.58. The average molecular weight is 366 g/mol. The number of nitrogens with zero attached hydrogens (tertiary/aromatic N) is 4. The maximum Gasteiger partial charge on any atom is 0.573 e. The molecule has 1 aromatic heterocycles. The highest BCUT2D eigenvalue weighted by Crippen LogP contribution is 2.25. The first-order valence-electron chi connectivity index (χ1n) is 8.32. The summed E-state index contributed by atoms with van der Waals surface area (Å²) in [7, 11) is 2.01. The molecule has 0 N–H and O–H groups in total. The number of aromatic nitrogens is 2. The van der Waals surface area contributed by atoms with Crippen LogP contribution in [0.4, 0.5) is 19.0 Å². The maximum atomic E-state index is 12.2. The molecule has 1 aromatic carbocycles. The fourth-order valence-corrected chi connectivity index (χ4v) is 2.99. The standard InChI is InChI=1S/C18H21F3N4O/c1-12-8-17(23-13(2)22-12)25-10-15(11-25)24(3)9-14-4-6-16(7-5-14)26-18(19,20)21/h4-8,15H,9-11H2,1-3H3. The van der Waals surface area contributed by atoms with Crippen LogP contribution in [0.2, 0.25) is 0 Å². The van der Waals surface area contributed by atoms with Gasteiger partial charge in [0, 0.05) is 37.4 Å². The molecule has 0 atom stereocenters. The molecule has 2 aromatic rings. The van der Waals surface area contributed by atoms with Crippen molar-refractivity contribution in [2.45, 2.75) is 32.8 Å². The van der Waals surface area contributed by atoms with Crippen LogP contribution in [0, 0.1) is 13.8 Å². The summed E-state index contributed by atoms with van der Waals surface area (Å²) in [6, 6.07) is 8.35. The van der Waals surface area contributed by atoms with Gasteiger partial charge in [0.2, 0.25) is 0 Å². The van der Waals surface area contributed by atoms with Gasteiger partial charge in [-0.05, 0) is 38.6 Å². The Labute approximate surface area is 150 Å². The Morgan fingerprint density at radius 1 is 1.15 bits per heavy atom. The number of alkyl halides is 3. The highest BCUT2D eigenvalue weighted by molar-refractivity contribution is 5.43. The molecule has 1 aliphatic heterocycles. The van der Waals surface area contributed by atoms with E-state index in [1.807, 2.05) is 27.0 Å². The van der Waals surface area contributed by atoms with Crippen molar-refractivity contribution in [1.29, 1.82) is 0 Å². The zero-order valence-corrected chi connectivity index (χ0v) is 14.9. The molecule has 0 spiro atoms. The first-order valence-corrected chi connectivity index (χ1v) is 8.32. The van der Waals surface area contributed by atoms with Gasteiger partial charge in [0.05, 0.1) is 0 Å². The molecule has 0 saturated carbocycles. The first-order chi connectivity index (χ1) is 12.2. The zero-order valence-electron chi connectivity index (χ0n) is 14.9. The number of halogens is 3. The van der Waals surface area contributed by atoms with Crippen molar-refractivity contribution in [2.75, 3.05) is 25.0 Å². The Morgan fingerprint density at radius 2 is 1.81 bits per heavy atom. The van der Waals surface area contributed by atoms with Crippen LogP contribution in [0.25, 0.3) is 0 Å². The molecule has 1 saturated heterocycles. The van der Waals surface area contributed by atoms with Crippen molar-refractivity contribution in [3.63, 3.8) is 0 Å². The lowest BCUT2D eigenvalue weighted by molar-refractivity contribution is -0.274. The maximum absolute atomic E-state index is 12.2. The van der Waals surface area contributed by atoms with Gasteiger partial charge in [-0.15, -0.1) is 13.2 Å². The van der Waals surface area contributed by atoms with Crippen LogP contribution in [-0.2, 0) is 6.54 Å². The van der Waals surface area contributed by atoms with Crippen LogP contribution in [0.15, 0.2) is 30.3 Å². The Morgan fingerprint density at radius 3 is 2.38 bits per heavy atom. The number of benzene rings is 1. The molecular formula is C18H21F3N4O. The summed E-state index contributed by atoms with van der Waals surface area (Å²) in [6.45, 7) is 6.22. The summed E-state index contributed by atoms with van der Waals surface area (Å²) in [5.41, 5.74) is 1.89. The van der Waals surface area contributed by atoms with Crippen molar-refractivity contribution in [2.24, 2.45) is 0 Å². The number of hydrogen-bond donors (Lipinski definition) is 0. The molecule has 1 fully saturated rings. The van der Waals surface area contributed by atoms with Crippen molar-refractivity contribution in [1.82, 2.24) is 14.9 Å². The molecule has 0 radical (unpaired) electrons. The van der Waals surface area contributed by atoms with E-state index in [0.29, 0.717) is 12.6 Å². The van der Waals surface area contributed by atoms with Crippen LogP contribution in [-0.4, -0.2) is 47.4 Å². The molecule has 8 heteroatoms. The molecule has 5 nitrogen and oxygen atoms in total. The fraction of sp³-hybridized carbons (Fsp3) is 0.444. The quantitative estimate of drug-likeness (QED) is 0.812. The van der Waals surface area contributed by atoms with Crippen LogP contribution in [0.5, 0.6) is 5.75 Å². The van der Waals surface area contributed by atoms with Crippen molar-refractivity contribution >= 4 is 5.82 Å². The fourth-order valence-electron chi connectivity index (χ4n) is 2.99. The van der Waals surface area contributed by atoms with Gasteiger partial charge < -0.3 is 9.64 Å². The summed E-state index contributed by atoms with van der Waals surface area (Å²) in [5.74, 6) is 1.50. The molecule has 140 valence electrons. The predicted octanol–water partition coefficient (Wildman–Crippen LogP) is 3.31. The van der Waals surface area contributed by atoms with Crippen molar-refractivity contribution in [3.05, 3.63) is 47.4 Å². The monoisotopic (exact) mass is 366 g/mol. The van der Waals surface area contributed by atoms with Crippen molar-refractivity contribution in [3.8, 4) is 5.75 Å². The van der Waals surface area contributed by atoms with Gasteiger partial charge in [0.1, 0.15) is 17.4 Å². The lowest BCUT2D eigenvalue weighted by atomic mass is 10.1. The minimum atomic E-state index is -4.66. The van der Waals surface area contributed by atoms with Gasteiger partial charge in [-0.3, -0.25) is 4.90 Å². The van der Waals surface area contributed by atoms with E-state index in [0.717, 1.165) is 36.0 Å². The second kappa shape index (κ2) is 7.11. The van der Waals surface area contributed by atoms with Crippen molar-refractivity contribution < 1.29 is 17.9 Å². The normalized spacial score (nSPS) is 15.3.